The molecule has 3 rings (SSSR count). The van der Waals surface area contributed by atoms with E-state index in [0.717, 1.165) is 122 Å². The number of esters is 4. The number of aliphatic hydroxyl groups excluding tert-OH is 9. The molecule has 0 aromatic rings. The van der Waals surface area contributed by atoms with E-state index in [-0.39, 0.29) is 25.7 Å². The van der Waals surface area contributed by atoms with Crippen molar-refractivity contribution in [3.63, 3.8) is 0 Å². The van der Waals surface area contributed by atoms with Crippen LogP contribution in [-0.2, 0) is 70.7 Å². The van der Waals surface area contributed by atoms with Crippen molar-refractivity contribution in [2.24, 2.45) is 0 Å². The first-order valence-electron chi connectivity index (χ1n) is 47.4. The summed E-state index contributed by atoms with van der Waals surface area (Å²) < 4.78 is 73.4. The maximum absolute atomic E-state index is 14.9. The molecule has 3 fully saturated rings. The average molecular weight is 1690 g/mol. The van der Waals surface area contributed by atoms with Crippen LogP contribution in [0.1, 0.15) is 413 Å². The Hall–Kier alpha value is -2.79. The first-order valence-corrected chi connectivity index (χ1v) is 48.9. The lowest BCUT2D eigenvalue weighted by Gasteiger charge is -2.50. The van der Waals surface area contributed by atoms with E-state index >= 15 is 0 Å². The van der Waals surface area contributed by atoms with E-state index in [2.05, 4.69) is 39.8 Å². The van der Waals surface area contributed by atoms with Gasteiger partial charge < -0.3 is 88.7 Å². The molecule has 2 saturated heterocycles. The summed E-state index contributed by atoms with van der Waals surface area (Å²) in [4.78, 5) is 66.4. The zero-order valence-electron chi connectivity index (χ0n) is 73.3. The van der Waals surface area contributed by atoms with Crippen LogP contribution in [0.5, 0.6) is 0 Å². The van der Waals surface area contributed by atoms with Gasteiger partial charge in [-0.2, -0.15) is 0 Å². The highest BCUT2D eigenvalue weighted by molar-refractivity contribution is 7.47. The van der Waals surface area contributed by atoms with Crippen LogP contribution < -0.4 is 0 Å². The van der Waals surface area contributed by atoms with E-state index in [1.54, 1.807) is 0 Å². The van der Waals surface area contributed by atoms with Gasteiger partial charge in [0.05, 0.1) is 13.2 Å². The van der Waals surface area contributed by atoms with Gasteiger partial charge in [0.25, 0.3) is 0 Å². The van der Waals surface area contributed by atoms with Crippen LogP contribution >= 0.6 is 7.82 Å². The molecule has 0 aromatic heterocycles. The zero-order valence-corrected chi connectivity index (χ0v) is 74.2. The molecule has 1 saturated carbocycles. The van der Waals surface area contributed by atoms with E-state index in [4.69, 9.17) is 46.9 Å². The van der Waals surface area contributed by atoms with Crippen LogP contribution in [0, 0.1) is 0 Å². The Balaban J connectivity index is 1.92. The lowest BCUT2D eigenvalue weighted by molar-refractivity contribution is -0.360. The molecule has 0 aromatic carbocycles. The quantitative estimate of drug-likeness (QED) is 0.00889. The fourth-order valence-electron chi connectivity index (χ4n) is 15.7. The van der Waals surface area contributed by atoms with Gasteiger partial charge in [-0.25, -0.2) is 4.57 Å². The van der Waals surface area contributed by atoms with Gasteiger partial charge >= 0.3 is 31.7 Å². The molecule has 0 radical (unpaired) electrons. The first-order chi connectivity index (χ1) is 56.7. The minimum absolute atomic E-state index is 0.00420. The van der Waals surface area contributed by atoms with Gasteiger partial charge in [-0.1, -0.05) is 348 Å². The summed E-state index contributed by atoms with van der Waals surface area (Å²) in [6.07, 6.45) is 29.1. The molecule has 18 atom stereocenters. The van der Waals surface area contributed by atoms with Crippen LogP contribution in [0.4, 0.5) is 0 Å². The number of rotatable bonds is 77. The standard InChI is InChI=1S/C91H169O25P/c1-5-9-13-17-21-25-29-33-35-37-41-45-49-53-57-61-65-76(95)110-71(68-107-74(93)63-59-55-51-47-43-39-31-27-23-19-15-11-7-3)69-109-117(105,106)116-89-87(114-90-84(103)80(99)78(97)72(67-92)111-90)83(102)82(101)86(113-77(96)66-62-58-54-50-46-42-38-36-34-30-26-22-18-14-10-6-2)88(89)115-91-85(104)81(100)79(98)73(112-91)70-108-75(94)64-60-56-52-48-44-40-32-28-24-20-16-12-8-4/h40,44,71-73,78-92,97-104H,5-39,41-43,45-70H2,1-4H3,(H,105,106)/b44-40-. The largest absolute Gasteiger partial charge is 0.472 e. The summed E-state index contributed by atoms with van der Waals surface area (Å²) >= 11 is 0. The molecule has 26 heteroatoms. The van der Waals surface area contributed by atoms with E-state index in [1.807, 2.05) is 0 Å². The molecule has 25 nitrogen and oxygen atoms in total. The van der Waals surface area contributed by atoms with Crippen LogP contribution in [0.2, 0.25) is 0 Å². The highest BCUT2D eigenvalue weighted by Gasteiger charge is 2.60. The Kier molecular flexibility index (Phi) is 65.3. The maximum atomic E-state index is 14.9. The Labute approximate surface area is 705 Å². The molecule has 117 heavy (non-hydrogen) atoms. The number of allylic oxidation sites excluding steroid dienone is 2. The van der Waals surface area contributed by atoms with E-state index in [0.29, 0.717) is 38.5 Å². The molecule has 688 valence electrons. The summed E-state index contributed by atoms with van der Waals surface area (Å²) in [6, 6.07) is 0. The third-order valence-electron chi connectivity index (χ3n) is 23.3. The van der Waals surface area contributed by atoms with Crippen molar-refractivity contribution in [1.29, 1.82) is 0 Å². The summed E-state index contributed by atoms with van der Waals surface area (Å²) in [5.41, 5.74) is 0. The zero-order chi connectivity index (χ0) is 85.4. The summed E-state index contributed by atoms with van der Waals surface area (Å²) in [6.45, 7) is 5.61. The summed E-state index contributed by atoms with van der Waals surface area (Å²) in [5, 5.41) is 102. The highest BCUT2D eigenvalue weighted by Crippen LogP contribution is 2.49. The predicted octanol–water partition coefficient (Wildman–Crippen LogP) is 17.6. The van der Waals surface area contributed by atoms with Crippen molar-refractivity contribution >= 4 is 31.7 Å². The van der Waals surface area contributed by atoms with Gasteiger partial charge in [0.1, 0.15) is 92.6 Å². The number of carbonyl (C=O) groups excluding carboxylic acids is 4. The van der Waals surface area contributed by atoms with Crippen molar-refractivity contribution in [3.8, 4) is 0 Å². The van der Waals surface area contributed by atoms with Crippen molar-refractivity contribution in [2.75, 3.05) is 26.4 Å². The second kappa shape index (κ2) is 70.5. The molecule has 1 aliphatic carbocycles. The second-order valence-corrected chi connectivity index (χ2v) is 35.3. The van der Waals surface area contributed by atoms with Gasteiger partial charge in [0.2, 0.25) is 0 Å². The minimum atomic E-state index is -5.80. The fraction of sp³-hybridized carbons (Fsp3) is 0.934. The normalized spacial score (nSPS) is 25.0. The second-order valence-electron chi connectivity index (χ2n) is 33.9. The van der Waals surface area contributed by atoms with Crippen LogP contribution in [0.25, 0.3) is 0 Å². The van der Waals surface area contributed by atoms with Gasteiger partial charge in [-0.3, -0.25) is 28.2 Å². The van der Waals surface area contributed by atoms with Crippen molar-refractivity contribution in [1.82, 2.24) is 0 Å². The monoisotopic (exact) mass is 1690 g/mol. The maximum Gasteiger partial charge on any atom is 0.472 e. The SMILES string of the molecule is CCCCCCCC/C=C\CCCCCC(=O)OCC1OC(OC2C(OC(=O)CCCCCCCCCCCCCCCCCC)C(O)C(O)C(OC3OC(CO)C(O)C(O)C3O)C2OP(=O)(O)OCC(COC(=O)CCCCCCCCCCCCCCC)OC(=O)CCCCCCCCCCCCCCCCCC)C(O)C(O)C1O. The number of phosphoric ester groups is 1. The molecular weight excluding hydrogens is 1520 g/mol. The van der Waals surface area contributed by atoms with Gasteiger partial charge in [0.15, 0.2) is 24.8 Å². The highest BCUT2D eigenvalue weighted by atomic mass is 31.2. The van der Waals surface area contributed by atoms with E-state index in [9.17, 15) is 74.6 Å². The molecule has 0 bridgehead atoms. The third-order valence-corrected chi connectivity index (χ3v) is 24.3. The van der Waals surface area contributed by atoms with Crippen LogP contribution in [0.3, 0.4) is 0 Å². The molecular formula is C91H169O25P. The Bertz CT molecular complexity index is 2480. The minimum Gasteiger partial charge on any atom is -0.463 e. The number of unbranched alkanes of at least 4 members (excludes halogenated alkanes) is 51. The van der Waals surface area contributed by atoms with E-state index < -0.39 is 162 Å². The van der Waals surface area contributed by atoms with Gasteiger partial charge in [0, 0.05) is 25.7 Å². The number of phosphoric acid groups is 1. The lowest BCUT2D eigenvalue weighted by atomic mass is 9.84. The lowest BCUT2D eigenvalue weighted by Crippen LogP contribution is -2.70. The molecule has 3 aliphatic rings. The van der Waals surface area contributed by atoms with Gasteiger partial charge in [-0.05, 0) is 51.4 Å². The molecule has 0 amide bonds. The van der Waals surface area contributed by atoms with Crippen molar-refractivity contribution in [2.45, 2.75) is 517 Å². The van der Waals surface area contributed by atoms with Crippen LogP contribution in [0.15, 0.2) is 12.2 Å². The smallest absolute Gasteiger partial charge is 0.463 e. The van der Waals surface area contributed by atoms with Crippen LogP contribution in [-0.4, -0.2) is 205 Å². The topological polar surface area (TPSA) is 380 Å². The molecule has 18 unspecified atom stereocenters. The number of hydrogen-bond donors (Lipinski definition) is 10. The first kappa shape index (κ1) is 108. The molecule has 2 heterocycles. The van der Waals surface area contributed by atoms with E-state index in [1.165, 1.54) is 199 Å². The average Bonchev–Trinajstić information content (AvgIpc) is 0.754. The number of aliphatic hydroxyl groups is 9. The summed E-state index contributed by atoms with van der Waals surface area (Å²) in [5.74, 6) is -2.96. The van der Waals surface area contributed by atoms with Crippen molar-refractivity contribution in [3.05, 3.63) is 12.2 Å². The predicted molar refractivity (Wildman–Crippen MR) is 453 cm³/mol. The fourth-order valence-corrected chi connectivity index (χ4v) is 16.7. The summed E-state index contributed by atoms with van der Waals surface area (Å²) in [7, 11) is -5.80. The van der Waals surface area contributed by atoms with Gasteiger partial charge in [-0.15, -0.1) is 0 Å². The number of ether oxygens (including phenoxy) is 8. The Morgan fingerprint density at radius 3 is 1.03 bits per heavy atom. The third kappa shape index (κ3) is 50.7. The molecule has 10 N–H and O–H groups in total. The number of carbonyl (C=O) groups is 4. The Morgan fingerprint density at radius 2 is 0.641 bits per heavy atom. The molecule has 2 aliphatic heterocycles. The Morgan fingerprint density at radius 1 is 0.333 bits per heavy atom. The molecule has 0 spiro atoms. The van der Waals surface area contributed by atoms with Crippen molar-refractivity contribution < 1.29 is 122 Å². The number of hydrogen-bond acceptors (Lipinski definition) is 24.